The summed E-state index contributed by atoms with van der Waals surface area (Å²) in [5.74, 6) is -0.226. The molecule has 0 atom stereocenters. The Morgan fingerprint density at radius 2 is 2.00 bits per heavy atom. The molecule has 0 aliphatic carbocycles. The molecule has 0 aliphatic heterocycles. The van der Waals surface area contributed by atoms with Crippen molar-refractivity contribution in [2.24, 2.45) is 0 Å². The van der Waals surface area contributed by atoms with Crippen molar-refractivity contribution < 1.29 is 4.39 Å². The van der Waals surface area contributed by atoms with Gasteiger partial charge in [-0.3, -0.25) is 0 Å². The lowest BCUT2D eigenvalue weighted by molar-refractivity contribution is 0.630. The van der Waals surface area contributed by atoms with E-state index in [2.05, 4.69) is 10.2 Å². The van der Waals surface area contributed by atoms with E-state index < -0.39 is 0 Å². The summed E-state index contributed by atoms with van der Waals surface area (Å²) in [6.45, 7) is 0. The van der Waals surface area contributed by atoms with Crippen molar-refractivity contribution in [2.75, 3.05) is 0 Å². The molecule has 0 saturated heterocycles. The van der Waals surface area contributed by atoms with Gasteiger partial charge in [0.05, 0.1) is 4.88 Å². The molecule has 0 saturated carbocycles. The summed E-state index contributed by atoms with van der Waals surface area (Å²) in [5.41, 5.74) is 0. The second kappa shape index (κ2) is 3.76. The quantitative estimate of drug-likeness (QED) is 0.662. The van der Waals surface area contributed by atoms with Crippen LogP contribution in [0.15, 0.2) is 24.3 Å². The second-order valence-electron chi connectivity index (χ2n) is 3.15. The molecule has 16 heavy (non-hydrogen) atoms. The molecule has 0 N–H and O–H groups in total. The van der Waals surface area contributed by atoms with Crippen LogP contribution in [0.1, 0.15) is 0 Å². The van der Waals surface area contributed by atoms with E-state index in [1.807, 2.05) is 6.07 Å². The number of hydrogen-bond donors (Lipinski definition) is 0. The third kappa shape index (κ3) is 1.71. The average Bonchev–Trinajstić information content (AvgIpc) is 2.83. The molecule has 0 bridgehead atoms. The lowest BCUT2D eigenvalue weighted by Gasteiger charge is -1.86. The minimum Gasteiger partial charge on any atom is -0.207 e. The fourth-order valence-electron chi connectivity index (χ4n) is 1.42. The third-order valence-corrected chi connectivity index (χ3v) is 4.38. The summed E-state index contributed by atoms with van der Waals surface area (Å²) in [6, 6.07) is 6.70. The molecular formula is C10H4ClFN2S2. The monoisotopic (exact) mass is 270 g/mol. The summed E-state index contributed by atoms with van der Waals surface area (Å²) in [5, 5.41) is 9.48. The van der Waals surface area contributed by atoms with Gasteiger partial charge in [0, 0.05) is 4.70 Å². The van der Waals surface area contributed by atoms with Crippen LogP contribution in [0.3, 0.4) is 0 Å². The van der Waals surface area contributed by atoms with Gasteiger partial charge in [-0.05, 0) is 35.2 Å². The zero-order chi connectivity index (χ0) is 11.1. The van der Waals surface area contributed by atoms with Gasteiger partial charge in [-0.15, -0.1) is 21.5 Å². The average molecular weight is 271 g/mol. The molecule has 0 amide bonds. The Morgan fingerprint density at radius 1 is 1.12 bits per heavy atom. The first-order valence-electron chi connectivity index (χ1n) is 4.41. The van der Waals surface area contributed by atoms with Crippen LogP contribution in [0.2, 0.25) is 4.47 Å². The van der Waals surface area contributed by atoms with Crippen LogP contribution in [0.4, 0.5) is 4.39 Å². The van der Waals surface area contributed by atoms with Crippen molar-refractivity contribution in [1.82, 2.24) is 10.2 Å². The van der Waals surface area contributed by atoms with E-state index in [4.69, 9.17) is 11.6 Å². The van der Waals surface area contributed by atoms with E-state index in [9.17, 15) is 4.39 Å². The van der Waals surface area contributed by atoms with Gasteiger partial charge >= 0.3 is 0 Å². The Labute approximate surface area is 103 Å². The number of fused-ring (bicyclic) bond motifs is 1. The number of thiophene rings is 1. The first-order valence-corrected chi connectivity index (χ1v) is 6.42. The molecule has 3 rings (SSSR count). The first kappa shape index (κ1) is 10.1. The molecule has 2 aromatic heterocycles. The Hall–Kier alpha value is -1.04. The predicted molar refractivity (Wildman–Crippen MR) is 65.7 cm³/mol. The number of halogens is 2. The zero-order valence-electron chi connectivity index (χ0n) is 7.78. The molecule has 0 spiro atoms. The Balaban J connectivity index is 2.18. The van der Waals surface area contributed by atoms with E-state index in [1.165, 1.54) is 34.8 Å². The Bertz CT molecular complexity index is 662. The van der Waals surface area contributed by atoms with Gasteiger partial charge in [0.2, 0.25) is 4.47 Å². The highest BCUT2D eigenvalue weighted by Gasteiger charge is 2.09. The minimum absolute atomic E-state index is 0.226. The molecule has 0 unspecified atom stereocenters. The molecule has 2 heterocycles. The van der Waals surface area contributed by atoms with Crippen molar-refractivity contribution in [3.8, 4) is 9.88 Å². The standard InChI is InChI=1S/C10H4ClFN2S2/c11-10-14-13-9(16-10)8-3-5-1-2-6(12)4-7(5)15-8/h1-4H. The van der Waals surface area contributed by atoms with Gasteiger partial charge in [-0.2, -0.15) is 0 Å². The molecule has 0 fully saturated rings. The van der Waals surface area contributed by atoms with E-state index in [-0.39, 0.29) is 5.82 Å². The molecule has 3 aromatic rings. The van der Waals surface area contributed by atoms with Crippen molar-refractivity contribution >= 4 is 44.4 Å². The normalized spacial score (nSPS) is 11.1. The van der Waals surface area contributed by atoms with Crippen LogP contribution in [0.5, 0.6) is 0 Å². The maximum Gasteiger partial charge on any atom is 0.207 e. The maximum atomic E-state index is 13.0. The van der Waals surface area contributed by atoms with Crippen molar-refractivity contribution in [1.29, 1.82) is 0 Å². The molecule has 80 valence electrons. The SMILES string of the molecule is Fc1ccc2cc(-c3nnc(Cl)s3)sc2c1. The van der Waals surface area contributed by atoms with Crippen LogP contribution in [0.25, 0.3) is 20.0 Å². The fraction of sp³-hybridized carbons (Fsp3) is 0. The minimum atomic E-state index is -0.226. The molecule has 0 radical (unpaired) electrons. The number of aromatic nitrogens is 2. The molecular weight excluding hydrogens is 267 g/mol. The Kier molecular flexibility index (Phi) is 2.38. The lowest BCUT2D eigenvalue weighted by Crippen LogP contribution is -1.69. The largest absolute Gasteiger partial charge is 0.207 e. The fourth-order valence-corrected chi connectivity index (χ4v) is 3.37. The van der Waals surface area contributed by atoms with E-state index in [0.717, 1.165) is 20.0 Å². The molecule has 6 heteroatoms. The number of nitrogens with zero attached hydrogens (tertiary/aromatic N) is 2. The lowest BCUT2D eigenvalue weighted by atomic mass is 10.2. The van der Waals surface area contributed by atoms with E-state index in [1.54, 1.807) is 6.07 Å². The second-order valence-corrected chi connectivity index (χ2v) is 5.80. The highest BCUT2D eigenvalue weighted by molar-refractivity contribution is 7.26. The van der Waals surface area contributed by atoms with E-state index in [0.29, 0.717) is 4.47 Å². The van der Waals surface area contributed by atoms with Crippen LogP contribution < -0.4 is 0 Å². The number of rotatable bonds is 1. The zero-order valence-corrected chi connectivity index (χ0v) is 10.2. The topological polar surface area (TPSA) is 25.8 Å². The van der Waals surface area contributed by atoms with Gasteiger partial charge < -0.3 is 0 Å². The molecule has 0 aliphatic rings. The highest BCUT2D eigenvalue weighted by Crippen LogP contribution is 2.35. The van der Waals surface area contributed by atoms with Gasteiger partial charge in [0.15, 0.2) is 5.01 Å². The molecule has 2 nitrogen and oxygen atoms in total. The van der Waals surface area contributed by atoms with Crippen molar-refractivity contribution in [3.05, 3.63) is 34.5 Å². The molecule has 1 aromatic carbocycles. The van der Waals surface area contributed by atoms with Crippen LogP contribution in [-0.2, 0) is 0 Å². The summed E-state index contributed by atoms with van der Waals surface area (Å²) in [7, 11) is 0. The predicted octanol–water partition coefficient (Wildman–Crippen LogP) is 4.21. The summed E-state index contributed by atoms with van der Waals surface area (Å²) < 4.78 is 14.3. The van der Waals surface area contributed by atoms with Crippen LogP contribution >= 0.6 is 34.3 Å². The first-order chi connectivity index (χ1) is 7.72. The summed E-state index contributed by atoms with van der Waals surface area (Å²) in [4.78, 5) is 0.963. The smallest absolute Gasteiger partial charge is 0.207 e. The van der Waals surface area contributed by atoms with E-state index >= 15 is 0 Å². The number of benzene rings is 1. The van der Waals surface area contributed by atoms with Gasteiger partial charge in [0.25, 0.3) is 0 Å². The highest BCUT2D eigenvalue weighted by atomic mass is 35.5. The van der Waals surface area contributed by atoms with Gasteiger partial charge in [0.1, 0.15) is 5.82 Å². The third-order valence-electron chi connectivity index (χ3n) is 2.09. The maximum absolute atomic E-state index is 13.0. The van der Waals surface area contributed by atoms with Crippen molar-refractivity contribution in [3.63, 3.8) is 0 Å². The summed E-state index contributed by atoms with van der Waals surface area (Å²) in [6.07, 6.45) is 0. The van der Waals surface area contributed by atoms with Crippen LogP contribution in [0, 0.1) is 5.82 Å². The van der Waals surface area contributed by atoms with Crippen molar-refractivity contribution in [2.45, 2.75) is 0 Å². The van der Waals surface area contributed by atoms with Gasteiger partial charge in [-0.1, -0.05) is 17.4 Å². The van der Waals surface area contributed by atoms with Gasteiger partial charge in [-0.25, -0.2) is 4.39 Å². The summed E-state index contributed by atoms with van der Waals surface area (Å²) >= 11 is 8.53. The number of hydrogen-bond acceptors (Lipinski definition) is 4. The van der Waals surface area contributed by atoms with Crippen LogP contribution in [-0.4, -0.2) is 10.2 Å². The Morgan fingerprint density at radius 3 is 2.75 bits per heavy atom.